The molecule has 1 aromatic carbocycles. The van der Waals surface area contributed by atoms with Crippen LogP contribution in [0.5, 0.6) is 0 Å². The summed E-state index contributed by atoms with van der Waals surface area (Å²) in [7, 11) is 3.63. The van der Waals surface area contributed by atoms with Gasteiger partial charge in [0.05, 0.1) is 11.4 Å². The third kappa shape index (κ3) is 5.03. The van der Waals surface area contributed by atoms with Gasteiger partial charge in [0, 0.05) is 37.9 Å². The fourth-order valence-electron chi connectivity index (χ4n) is 4.44. The highest BCUT2D eigenvalue weighted by atomic mass is 32.1. The lowest BCUT2D eigenvalue weighted by molar-refractivity contribution is -0.132. The normalized spacial score (nSPS) is 17.7. The van der Waals surface area contributed by atoms with Crippen LogP contribution in [0.1, 0.15) is 54.8 Å². The lowest BCUT2D eigenvalue weighted by atomic mass is 9.97. The molecule has 0 radical (unpaired) electrons. The summed E-state index contributed by atoms with van der Waals surface area (Å²) in [4.78, 5) is 32.6. The van der Waals surface area contributed by atoms with Gasteiger partial charge in [-0.3, -0.25) is 14.5 Å². The molecule has 1 aromatic heterocycles. The summed E-state index contributed by atoms with van der Waals surface area (Å²) in [5.41, 5.74) is 1.15. The van der Waals surface area contributed by atoms with Gasteiger partial charge in [0.1, 0.15) is 0 Å². The summed E-state index contributed by atoms with van der Waals surface area (Å²) >= 11 is 1.60. The highest BCUT2D eigenvalue weighted by Crippen LogP contribution is 2.34. The monoisotopic (exact) mass is 429 g/mol. The lowest BCUT2D eigenvalue weighted by Crippen LogP contribution is -2.45. The number of thiophene rings is 1. The molecule has 164 valence electrons. The Bertz CT molecular complexity index is 872. The Morgan fingerprint density at radius 3 is 2.53 bits per heavy atom. The summed E-state index contributed by atoms with van der Waals surface area (Å²) < 4.78 is 1.16. The SMILES string of the molecule is CCN(CC)C(=O)CN1CCCCC[C@@H]1Cc1c(C(=O)N(C)C)sc2ccccc12. The van der Waals surface area contributed by atoms with E-state index >= 15 is 0 Å². The number of likely N-dealkylation sites (N-methyl/N-ethyl adjacent to an activating group) is 1. The van der Waals surface area contributed by atoms with Crippen LogP contribution in [0.15, 0.2) is 24.3 Å². The van der Waals surface area contributed by atoms with Crippen molar-refractivity contribution in [3.63, 3.8) is 0 Å². The average molecular weight is 430 g/mol. The Hall–Kier alpha value is -1.92. The van der Waals surface area contributed by atoms with Crippen LogP contribution < -0.4 is 0 Å². The van der Waals surface area contributed by atoms with E-state index in [0.29, 0.717) is 12.6 Å². The summed E-state index contributed by atoms with van der Waals surface area (Å²) in [6, 6.07) is 8.61. The number of likely N-dealkylation sites (tertiary alicyclic amines) is 1. The van der Waals surface area contributed by atoms with Crippen LogP contribution in [-0.4, -0.2) is 72.8 Å². The van der Waals surface area contributed by atoms with E-state index in [1.807, 2.05) is 38.9 Å². The molecule has 5 nitrogen and oxygen atoms in total. The van der Waals surface area contributed by atoms with Crippen molar-refractivity contribution in [2.75, 3.05) is 40.3 Å². The predicted octanol–water partition coefficient (Wildman–Crippen LogP) is 4.26. The van der Waals surface area contributed by atoms with E-state index in [-0.39, 0.29) is 11.8 Å². The number of carbonyl (C=O) groups excluding carboxylic acids is 2. The Morgan fingerprint density at radius 2 is 1.83 bits per heavy atom. The van der Waals surface area contributed by atoms with Gasteiger partial charge in [0.15, 0.2) is 0 Å². The predicted molar refractivity (Wildman–Crippen MR) is 125 cm³/mol. The molecule has 0 bridgehead atoms. The molecule has 30 heavy (non-hydrogen) atoms. The average Bonchev–Trinajstić information content (AvgIpc) is 2.95. The van der Waals surface area contributed by atoms with Crippen LogP contribution in [0.4, 0.5) is 0 Å². The molecular formula is C24H35N3O2S. The van der Waals surface area contributed by atoms with Gasteiger partial charge in [-0.15, -0.1) is 11.3 Å². The number of fused-ring (bicyclic) bond motifs is 1. The van der Waals surface area contributed by atoms with Crippen molar-refractivity contribution in [2.24, 2.45) is 0 Å². The van der Waals surface area contributed by atoms with Gasteiger partial charge in [-0.05, 0) is 56.7 Å². The van der Waals surface area contributed by atoms with E-state index in [1.165, 1.54) is 18.2 Å². The zero-order chi connectivity index (χ0) is 21.7. The largest absolute Gasteiger partial charge is 0.344 e. The van der Waals surface area contributed by atoms with Crippen molar-refractivity contribution in [3.05, 3.63) is 34.7 Å². The minimum atomic E-state index is 0.0746. The highest BCUT2D eigenvalue weighted by molar-refractivity contribution is 7.21. The van der Waals surface area contributed by atoms with Gasteiger partial charge in [-0.2, -0.15) is 0 Å². The zero-order valence-corrected chi connectivity index (χ0v) is 19.6. The van der Waals surface area contributed by atoms with Crippen LogP contribution in [0.25, 0.3) is 10.1 Å². The van der Waals surface area contributed by atoms with Crippen LogP contribution in [-0.2, 0) is 11.2 Å². The number of hydrogen-bond donors (Lipinski definition) is 0. The second kappa shape index (κ2) is 10.4. The highest BCUT2D eigenvalue weighted by Gasteiger charge is 2.28. The van der Waals surface area contributed by atoms with Gasteiger partial charge in [-0.1, -0.05) is 31.0 Å². The van der Waals surface area contributed by atoms with E-state index < -0.39 is 0 Å². The summed E-state index contributed by atoms with van der Waals surface area (Å²) in [6.07, 6.45) is 5.42. The van der Waals surface area contributed by atoms with E-state index in [2.05, 4.69) is 23.1 Å². The lowest BCUT2D eigenvalue weighted by Gasteiger charge is -2.31. The number of amides is 2. The van der Waals surface area contributed by atoms with Gasteiger partial charge in [-0.25, -0.2) is 0 Å². The minimum Gasteiger partial charge on any atom is -0.344 e. The second-order valence-electron chi connectivity index (χ2n) is 8.35. The third-order valence-corrected chi connectivity index (χ3v) is 7.39. The molecule has 2 heterocycles. The number of rotatable bonds is 7. The molecule has 3 rings (SSSR count). The van der Waals surface area contributed by atoms with E-state index in [9.17, 15) is 9.59 Å². The molecule has 0 N–H and O–H groups in total. The molecule has 2 amide bonds. The summed E-state index contributed by atoms with van der Waals surface area (Å²) in [6.45, 7) is 7.02. The van der Waals surface area contributed by atoms with Gasteiger partial charge >= 0.3 is 0 Å². The topological polar surface area (TPSA) is 43.9 Å². The maximum absolute atomic E-state index is 12.9. The Kier molecular flexibility index (Phi) is 7.89. The third-order valence-electron chi connectivity index (χ3n) is 6.19. The maximum atomic E-state index is 12.9. The first-order valence-electron chi connectivity index (χ1n) is 11.2. The van der Waals surface area contributed by atoms with Gasteiger partial charge in [0.2, 0.25) is 5.91 Å². The standard InChI is InChI=1S/C24H35N3O2S/c1-5-26(6-2)22(28)17-27-15-11-7-8-12-18(27)16-20-19-13-9-10-14-21(19)30-23(20)24(29)25(3)4/h9-10,13-14,18H,5-8,11-12,15-17H2,1-4H3/t18-/m1/s1. The van der Waals surface area contributed by atoms with Gasteiger partial charge < -0.3 is 9.80 Å². The Labute approximate surface area is 184 Å². The van der Waals surface area contributed by atoms with Crippen molar-refractivity contribution in [2.45, 2.75) is 52.0 Å². The fourth-order valence-corrected chi connectivity index (χ4v) is 5.69. The maximum Gasteiger partial charge on any atom is 0.263 e. The van der Waals surface area contributed by atoms with Crippen LogP contribution in [0, 0.1) is 0 Å². The molecule has 1 fully saturated rings. The van der Waals surface area contributed by atoms with Crippen molar-refractivity contribution >= 4 is 33.2 Å². The van der Waals surface area contributed by atoms with Crippen molar-refractivity contribution in [1.29, 1.82) is 0 Å². The van der Waals surface area contributed by atoms with Crippen LogP contribution >= 0.6 is 11.3 Å². The van der Waals surface area contributed by atoms with E-state index in [4.69, 9.17) is 0 Å². The van der Waals surface area contributed by atoms with E-state index in [0.717, 1.165) is 54.0 Å². The van der Waals surface area contributed by atoms with Crippen molar-refractivity contribution in [1.82, 2.24) is 14.7 Å². The molecule has 0 spiro atoms. The molecule has 0 saturated carbocycles. The number of hydrogen-bond acceptors (Lipinski definition) is 4. The molecule has 2 aromatic rings. The molecule has 6 heteroatoms. The van der Waals surface area contributed by atoms with Gasteiger partial charge in [0.25, 0.3) is 5.91 Å². The molecule has 0 aliphatic carbocycles. The minimum absolute atomic E-state index is 0.0746. The number of carbonyl (C=O) groups is 2. The molecule has 0 unspecified atom stereocenters. The first-order valence-corrected chi connectivity index (χ1v) is 12.0. The molecule has 1 atom stereocenters. The smallest absolute Gasteiger partial charge is 0.263 e. The van der Waals surface area contributed by atoms with Crippen LogP contribution in [0.3, 0.4) is 0 Å². The number of nitrogens with zero attached hydrogens (tertiary/aromatic N) is 3. The number of benzene rings is 1. The summed E-state index contributed by atoms with van der Waals surface area (Å²) in [5, 5.41) is 1.19. The van der Waals surface area contributed by atoms with E-state index in [1.54, 1.807) is 16.2 Å². The molecule has 1 aliphatic heterocycles. The molecule has 1 aliphatic rings. The fraction of sp³-hybridized carbons (Fsp3) is 0.583. The quantitative estimate of drug-likeness (QED) is 0.661. The summed E-state index contributed by atoms with van der Waals surface area (Å²) in [5.74, 6) is 0.289. The van der Waals surface area contributed by atoms with Crippen LogP contribution in [0.2, 0.25) is 0 Å². The van der Waals surface area contributed by atoms with Crippen molar-refractivity contribution < 1.29 is 9.59 Å². The molecule has 1 saturated heterocycles. The Morgan fingerprint density at radius 1 is 1.10 bits per heavy atom. The first kappa shape index (κ1) is 22.8. The van der Waals surface area contributed by atoms with Crippen molar-refractivity contribution in [3.8, 4) is 0 Å². The second-order valence-corrected chi connectivity index (χ2v) is 9.40. The zero-order valence-electron chi connectivity index (χ0n) is 18.8. The molecular weight excluding hydrogens is 394 g/mol. The Balaban J connectivity index is 1.91. The first-order chi connectivity index (χ1) is 14.5.